The van der Waals surface area contributed by atoms with Crippen LogP contribution in [0.25, 0.3) is 0 Å². The highest BCUT2D eigenvalue weighted by Gasteiger charge is 2.45. The van der Waals surface area contributed by atoms with Crippen LogP contribution in [-0.2, 0) is 0 Å². The van der Waals surface area contributed by atoms with Crippen molar-refractivity contribution in [3.63, 3.8) is 0 Å². The highest BCUT2D eigenvalue weighted by atomic mass is 127. The molecule has 1 aliphatic heterocycles. The Hall–Kier alpha value is -0.190. The topological polar surface area (TPSA) is 51.1 Å². The number of rotatable bonds is 6. The molecule has 26 heavy (non-hydrogen) atoms. The normalized spacial score (nSPS) is 26.3. The minimum Gasteiger partial charge on any atom is -0.387 e. The zero-order valence-corrected chi connectivity index (χ0v) is 19.7. The van der Waals surface area contributed by atoms with Gasteiger partial charge in [0.15, 0.2) is 5.96 Å². The van der Waals surface area contributed by atoms with Gasteiger partial charge >= 0.3 is 0 Å². The van der Waals surface area contributed by atoms with Gasteiger partial charge in [0.05, 0.1) is 17.1 Å². The monoisotopic (exact) mass is 510 g/mol. The van der Waals surface area contributed by atoms with Gasteiger partial charge in [-0.15, -0.1) is 35.3 Å². The highest BCUT2D eigenvalue weighted by Crippen LogP contribution is 2.41. The summed E-state index contributed by atoms with van der Waals surface area (Å²) in [4.78, 5) is 9.58. The van der Waals surface area contributed by atoms with Crippen molar-refractivity contribution in [2.45, 2.75) is 37.5 Å². The first-order chi connectivity index (χ1) is 12.2. The summed E-state index contributed by atoms with van der Waals surface area (Å²) in [6, 6.07) is 4.30. The number of piperazine rings is 1. The van der Waals surface area contributed by atoms with E-state index in [-0.39, 0.29) is 24.0 Å². The van der Waals surface area contributed by atoms with E-state index in [2.05, 4.69) is 46.5 Å². The van der Waals surface area contributed by atoms with Crippen LogP contribution >= 0.6 is 47.1 Å². The third kappa shape index (κ3) is 5.20. The largest absolute Gasteiger partial charge is 0.387 e. The van der Waals surface area contributed by atoms with Crippen molar-refractivity contribution in [2.75, 3.05) is 49.9 Å². The van der Waals surface area contributed by atoms with Crippen molar-refractivity contribution in [3.8, 4) is 0 Å². The number of hydrogen-bond donors (Lipinski definition) is 2. The summed E-state index contributed by atoms with van der Waals surface area (Å²) in [5.74, 6) is 2.01. The first-order valence-electron chi connectivity index (χ1n) is 9.32. The first kappa shape index (κ1) is 22.1. The van der Waals surface area contributed by atoms with E-state index in [4.69, 9.17) is 4.99 Å². The summed E-state index contributed by atoms with van der Waals surface area (Å²) in [6.45, 7) is 9.60. The Morgan fingerprint density at radius 1 is 1.38 bits per heavy atom. The number of aliphatic hydroxyl groups is 1. The van der Waals surface area contributed by atoms with Crippen molar-refractivity contribution >= 4 is 58.0 Å². The summed E-state index contributed by atoms with van der Waals surface area (Å²) in [5.41, 5.74) is -0.611. The summed E-state index contributed by atoms with van der Waals surface area (Å²) in [6.07, 6.45) is 1.99. The van der Waals surface area contributed by atoms with Gasteiger partial charge in [0.2, 0.25) is 0 Å². The van der Waals surface area contributed by atoms with Crippen LogP contribution in [0.4, 0.5) is 5.00 Å². The molecule has 2 aliphatic rings. The smallest absolute Gasteiger partial charge is 0.194 e. The van der Waals surface area contributed by atoms with Crippen molar-refractivity contribution < 1.29 is 5.11 Å². The third-order valence-electron chi connectivity index (χ3n) is 5.04. The van der Waals surface area contributed by atoms with Crippen LogP contribution in [0.15, 0.2) is 22.5 Å². The van der Waals surface area contributed by atoms with Gasteiger partial charge in [0.1, 0.15) is 0 Å². The fourth-order valence-corrected chi connectivity index (χ4v) is 5.42. The second-order valence-corrected chi connectivity index (χ2v) is 9.09. The molecule has 2 heterocycles. The third-order valence-corrected chi connectivity index (χ3v) is 7.38. The molecule has 148 valence electrons. The molecule has 2 unspecified atom stereocenters. The fourth-order valence-electron chi connectivity index (χ4n) is 3.44. The molecule has 1 saturated carbocycles. The maximum Gasteiger partial charge on any atom is 0.194 e. The zero-order valence-electron chi connectivity index (χ0n) is 15.7. The lowest BCUT2D eigenvalue weighted by Gasteiger charge is -2.44. The molecule has 2 fully saturated rings. The average Bonchev–Trinajstić information content (AvgIpc) is 3.17. The SMILES string of the molecule is CCNC(=NCC1(O)CCC1SCC)N1CCN(c2cccs2)CC1.I. The molecule has 5 nitrogen and oxygen atoms in total. The Morgan fingerprint density at radius 3 is 2.69 bits per heavy atom. The molecular formula is C18H31IN4OS2. The molecule has 2 atom stereocenters. The van der Waals surface area contributed by atoms with Gasteiger partial charge in [0, 0.05) is 38.0 Å². The van der Waals surface area contributed by atoms with E-state index >= 15 is 0 Å². The van der Waals surface area contributed by atoms with E-state index in [1.807, 2.05) is 11.8 Å². The van der Waals surface area contributed by atoms with Crippen LogP contribution in [0.2, 0.25) is 0 Å². The van der Waals surface area contributed by atoms with Crippen LogP contribution in [0, 0.1) is 0 Å². The van der Waals surface area contributed by atoms with Crippen LogP contribution in [0.1, 0.15) is 26.7 Å². The van der Waals surface area contributed by atoms with E-state index in [0.717, 1.165) is 57.3 Å². The van der Waals surface area contributed by atoms with Gasteiger partial charge < -0.3 is 20.2 Å². The van der Waals surface area contributed by atoms with Crippen molar-refractivity contribution in [1.29, 1.82) is 0 Å². The minimum atomic E-state index is -0.611. The Labute approximate surface area is 182 Å². The lowest BCUT2D eigenvalue weighted by Crippen LogP contribution is -2.55. The Bertz CT molecular complexity index is 564. The van der Waals surface area contributed by atoms with Gasteiger partial charge in [-0.05, 0) is 43.0 Å². The molecule has 0 aromatic carbocycles. The number of aliphatic imine (C=N–C) groups is 1. The lowest BCUT2D eigenvalue weighted by atomic mass is 9.79. The number of halogens is 1. The summed E-state index contributed by atoms with van der Waals surface area (Å²) >= 11 is 3.67. The molecule has 0 amide bonds. The Morgan fingerprint density at radius 2 is 2.15 bits per heavy atom. The number of nitrogens with one attached hydrogen (secondary N) is 1. The lowest BCUT2D eigenvalue weighted by molar-refractivity contribution is -0.0156. The van der Waals surface area contributed by atoms with Gasteiger partial charge in [-0.3, -0.25) is 4.99 Å². The van der Waals surface area contributed by atoms with Crippen LogP contribution in [0.5, 0.6) is 0 Å². The molecule has 0 spiro atoms. The van der Waals surface area contributed by atoms with E-state index in [9.17, 15) is 5.11 Å². The number of thiophene rings is 1. The molecule has 1 aromatic heterocycles. The molecular weight excluding hydrogens is 479 g/mol. The molecule has 0 bridgehead atoms. The van der Waals surface area contributed by atoms with Crippen LogP contribution in [-0.4, -0.2) is 71.8 Å². The van der Waals surface area contributed by atoms with Crippen molar-refractivity contribution in [1.82, 2.24) is 10.2 Å². The standard InChI is InChI=1S/C18H30N4OS2.HI/c1-3-19-17(20-14-18(23)8-7-15(18)24-4-2)22-11-9-21(10-12-22)16-6-5-13-25-16;/h5-6,13,15,23H,3-4,7-12,14H2,1-2H3,(H,19,20);1H. The summed E-state index contributed by atoms with van der Waals surface area (Å²) in [5, 5.41) is 18.0. The van der Waals surface area contributed by atoms with Gasteiger partial charge in [-0.25, -0.2) is 0 Å². The number of anilines is 1. The van der Waals surface area contributed by atoms with Crippen molar-refractivity contribution in [3.05, 3.63) is 17.5 Å². The van der Waals surface area contributed by atoms with Crippen molar-refractivity contribution in [2.24, 2.45) is 4.99 Å². The van der Waals surface area contributed by atoms with E-state index in [0.29, 0.717) is 11.8 Å². The number of thioether (sulfide) groups is 1. The molecule has 1 aliphatic carbocycles. The Kier molecular flexibility index (Phi) is 8.82. The average molecular weight is 511 g/mol. The van der Waals surface area contributed by atoms with Crippen LogP contribution in [0.3, 0.4) is 0 Å². The molecule has 3 rings (SSSR count). The van der Waals surface area contributed by atoms with E-state index in [1.165, 1.54) is 5.00 Å². The quantitative estimate of drug-likeness (QED) is 0.350. The number of hydrogen-bond acceptors (Lipinski definition) is 5. The zero-order chi connectivity index (χ0) is 17.7. The first-order valence-corrected chi connectivity index (χ1v) is 11.2. The fraction of sp³-hybridized carbons (Fsp3) is 0.722. The molecule has 0 radical (unpaired) electrons. The number of nitrogens with zero attached hydrogens (tertiary/aromatic N) is 3. The Balaban J connectivity index is 0.00000243. The van der Waals surface area contributed by atoms with Gasteiger partial charge in [-0.2, -0.15) is 11.8 Å². The van der Waals surface area contributed by atoms with Gasteiger partial charge in [0.25, 0.3) is 0 Å². The van der Waals surface area contributed by atoms with Gasteiger partial charge in [-0.1, -0.05) is 6.92 Å². The highest BCUT2D eigenvalue weighted by molar-refractivity contribution is 14.0. The summed E-state index contributed by atoms with van der Waals surface area (Å²) in [7, 11) is 0. The molecule has 2 N–H and O–H groups in total. The predicted octanol–water partition coefficient (Wildman–Crippen LogP) is 3.10. The molecule has 8 heteroatoms. The second kappa shape index (κ2) is 10.4. The second-order valence-electron chi connectivity index (χ2n) is 6.68. The minimum absolute atomic E-state index is 0. The summed E-state index contributed by atoms with van der Waals surface area (Å²) < 4.78 is 0. The molecule has 1 saturated heterocycles. The predicted molar refractivity (Wildman–Crippen MR) is 126 cm³/mol. The number of guanidine groups is 1. The van der Waals surface area contributed by atoms with Crippen LogP contribution < -0.4 is 10.2 Å². The van der Waals surface area contributed by atoms with E-state index in [1.54, 1.807) is 11.3 Å². The van der Waals surface area contributed by atoms with E-state index < -0.39 is 5.60 Å². The maximum absolute atomic E-state index is 10.8. The maximum atomic E-state index is 10.8. The molecule has 1 aromatic rings.